The zero-order chi connectivity index (χ0) is 15.6. The first kappa shape index (κ1) is 14.1. The summed E-state index contributed by atoms with van der Waals surface area (Å²) in [5.74, 6) is 0.988. The van der Waals surface area contributed by atoms with E-state index in [1.807, 2.05) is 16.8 Å². The van der Waals surface area contributed by atoms with Crippen molar-refractivity contribution in [2.45, 2.75) is 6.42 Å². The van der Waals surface area contributed by atoms with Crippen molar-refractivity contribution in [1.82, 2.24) is 14.4 Å². The molecule has 1 unspecified atom stereocenters. The summed E-state index contributed by atoms with van der Waals surface area (Å²) in [7, 11) is 0. The summed E-state index contributed by atoms with van der Waals surface area (Å²) in [6.45, 7) is 2.42. The summed E-state index contributed by atoms with van der Waals surface area (Å²) in [5.41, 5.74) is 2.43. The van der Waals surface area contributed by atoms with Crippen LogP contribution in [0.2, 0.25) is 0 Å². The Kier molecular flexibility index (Phi) is 3.67. The summed E-state index contributed by atoms with van der Waals surface area (Å²) >= 11 is 0. The van der Waals surface area contributed by atoms with E-state index >= 15 is 0 Å². The van der Waals surface area contributed by atoms with Gasteiger partial charge in [0.2, 0.25) is 0 Å². The van der Waals surface area contributed by atoms with Crippen LogP contribution in [0.25, 0.3) is 16.9 Å². The molecule has 5 nitrogen and oxygen atoms in total. The Balaban J connectivity index is 1.67. The number of hydrogen-bond acceptors (Lipinski definition) is 4. The lowest BCUT2D eigenvalue weighted by Crippen LogP contribution is -2.15. The molecule has 2 aromatic heterocycles. The lowest BCUT2D eigenvalue weighted by Gasteiger charge is -2.12. The second-order valence-corrected chi connectivity index (χ2v) is 5.75. The van der Waals surface area contributed by atoms with Crippen LogP contribution in [0.1, 0.15) is 6.42 Å². The van der Waals surface area contributed by atoms with Gasteiger partial charge in [-0.3, -0.25) is 0 Å². The van der Waals surface area contributed by atoms with Crippen LogP contribution >= 0.6 is 0 Å². The first-order chi connectivity index (χ1) is 11.3. The number of halogens is 1. The van der Waals surface area contributed by atoms with E-state index < -0.39 is 0 Å². The molecule has 3 aromatic rings. The summed E-state index contributed by atoms with van der Waals surface area (Å²) in [6.07, 6.45) is 6.60. The van der Waals surface area contributed by atoms with Gasteiger partial charge in [-0.15, -0.1) is 0 Å². The van der Waals surface area contributed by atoms with Crippen molar-refractivity contribution in [2.24, 2.45) is 5.92 Å². The van der Waals surface area contributed by atoms with E-state index in [9.17, 15) is 4.39 Å². The van der Waals surface area contributed by atoms with Gasteiger partial charge in [0.15, 0.2) is 11.5 Å². The fourth-order valence-electron chi connectivity index (χ4n) is 2.80. The molecule has 0 amide bonds. The largest absolute Gasteiger partial charge is 0.381 e. The molecule has 0 aliphatic carbocycles. The van der Waals surface area contributed by atoms with E-state index in [4.69, 9.17) is 4.74 Å². The second kappa shape index (κ2) is 5.96. The minimum Gasteiger partial charge on any atom is -0.381 e. The Bertz CT molecular complexity index is 809. The molecule has 0 saturated carbocycles. The van der Waals surface area contributed by atoms with Crippen LogP contribution in [0, 0.1) is 11.7 Å². The molecule has 1 aliphatic rings. The number of rotatable bonds is 4. The molecule has 0 bridgehead atoms. The summed E-state index contributed by atoms with van der Waals surface area (Å²) < 4.78 is 20.5. The molecule has 1 aliphatic heterocycles. The van der Waals surface area contributed by atoms with Crippen molar-refractivity contribution in [1.29, 1.82) is 0 Å². The van der Waals surface area contributed by atoms with Crippen molar-refractivity contribution in [3.05, 3.63) is 48.7 Å². The minimum absolute atomic E-state index is 0.253. The standard InChI is InChI=1S/C17H17FN4O/c18-14-3-1-13(2-4-14)15-10-22-7-6-19-17(22)16(21-15)20-9-12-5-8-23-11-12/h1-4,6-7,10,12H,5,8-9,11H2,(H,20,21). The van der Waals surface area contributed by atoms with Crippen LogP contribution in [-0.2, 0) is 4.74 Å². The van der Waals surface area contributed by atoms with Crippen molar-refractivity contribution in [3.8, 4) is 11.3 Å². The average molecular weight is 312 g/mol. The first-order valence-electron chi connectivity index (χ1n) is 7.71. The molecule has 1 N–H and O–H groups in total. The molecular formula is C17H17FN4O. The third-order valence-corrected chi connectivity index (χ3v) is 4.10. The van der Waals surface area contributed by atoms with E-state index in [0.29, 0.717) is 5.92 Å². The number of hydrogen-bond donors (Lipinski definition) is 1. The lowest BCUT2D eigenvalue weighted by atomic mass is 10.1. The molecule has 118 valence electrons. The predicted molar refractivity (Wildman–Crippen MR) is 85.8 cm³/mol. The Labute approximate surface area is 133 Å². The first-order valence-corrected chi connectivity index (χ1v) is 7.71. The second-order valence-electron chi connectivity index (χ2n) is 5.75. The zero-order valence-corrected chi connectivity index (χ0v) is 12.6. The quantitative estimate of drug-likeness (QED) is 0.804. The van der Waals surface area contributed by atoms with Gasteiger partial charge in [-0.2, -0.15) is 0 Å². The minimum atomic E-state index is -0.253. The maximum atomic E-state index is 13.1. The molecule has 6 heteroatoms. The maximum Gasteiger partial charge on any atom is 0.180 e. The van der Waals surface area contributed by atoms with E-state index in [0.717, 1.165) is 48.9 Å². The average Bonchev–Trinajstić information content (AvgIpc) is 3.24. The lowest BCUT2D eigenvalue weighted by molar-refractivity contribution is 0.187. The van der Waals surface area contributed by atoms with Crippen LogP contribution < -0.4 is 5.32 Å². The van der Waals surface area contributed by atoms with Crippen molar-refractivity contribution in [3.63, 3.8) is 0 Å². The summed E-state index contributed by atoms with van der Waals surface area (Å²) in [5, 5.41) is 3.39. The molecule has 3 heterocycles. The zero-order valence-electron chi connectivity index (χ0n) is 12.6. The van der Waals surface area contributed by atoms with Gasteiger partial charge >= 0.3 is 0 Å². The highest BCUT2D eigenvalue weighted by Gasteiger charge is 2.16. The van der Waals surface area contributed by atoms with Gasteiger partial charge in [-0.25, -0.2) is 14.4 Å². The van der Waals surface area contributed by atoms with Gasteiger partial charge in [0.25, 0.3) is 0 Å². The van der Waals surface area contributed by atoms with Crippen LogP contribution in [0.15, 0.2) is 42.9 Å². The predicted octanol–water partition coefficient (Wildman–Crippen LogP) is 2.98. The third kappa shape index (κ3) is 2.90. The Morgan fingerprint density at radius 3 is 2.96 bits per heavy atom. The van der Waals surface area contributed by atoms with E-state index in [2.05, 4.69) is 15.3 Å². The fourth-order valence-corrected chi connectivity index (χ4v) is 2.80. The molecule has 4 rings (SSSR count). The number of benzene rings is 1. The maximum absolute atomic E-state index is 13.1. The van der Waals surface area contributed by atoms with Crippen molar-refractivity contribution in [2.75, 3.05) is 25.1 Å². The Hall–Kier alpha value is -2.47. The number of anilines is 1. The van der Waals surface area contributed by atoms with Crippen LogP contribution in [0.5, 0.6) is 0 Å². The monoisotopic (exact) mass is 312 g/mol. The molecule has 1 atom stereocenters. The highest BCUT2D eigenvalue weighted by molar-refractivity contribution is 5.69. The molecule has 0 spiro atoms. The molecule has 1 saturated heterocycles. The highest BCUT2D eigenvalue weighted by Crippen LogP contribution is 2.23. The van der Waals surface area contributed by atoms with Gasteiger partial charge in [0.1, 0.15) is 5.82 Å². The van der Waals surface area contributed by atoms with Crippen LogP contribution in [0.4, 0.5) is 10.2 Å². The highest BCUT2D eigenvalue weighted by atomic mass is 19.1. The molecule has 0 radical (unpaired) electrons. The van der Waals surface area contributed by atoms with Crippen LogP contribution in [0.3, 0.4) is 0 Å². The summed E-state index contributed by atoms with van der Waals surface area (Å²) in [4.78, 5) is 9.04. The number of fused-ring (bicyclic) bond motifs is 1. The number of imidazole rings is 1. The van der Waals surface area contributed by atoms with Gasteiger partial charge in [-0.05, 0) is 30.7 Å². The molecule has 1 fully saturated rings. The van der Waals surface area contributed by atoms with E-state index in [1.54, 1.807) is 18.3 Å². The van der Waals surface area contributed by atoms with Crippen molar-refractivity contribution < 1.29 is 9.13 Å². The number of nitrogens with one attached hydrogen (secondary N) is 1. The van der Waals surface area contributed by atoms with Crippen LogP contribution in [-0.4, -0.2) is 34.1 Å². The van der Waals surface area contributed by atoms with Crippen molar-refractivity contribution >= 4 is 11.5 Å². The summed E-state index contributed by atoms with van der Waals surface area (Å²) in [6, 6.07) is 6.35. The van der Waals surface area contributed by atoms with E-state index in [-0.39, 0.29) is 5.82 Å². The topological polar surface area (TPSA) is 51.5 Å². The van der Waals surface area contributed by atoms with Gasteiger partial charge in [-0.1, -0.05) is 0 Å². The number of ether oxygens (including phenoxy) is 1. The molecular weight excluding hydrogens is 295 g/mol. The Morgan fingerprint density at radius 2 is 2.17 bits per heavy atom. The Morgan fingerprint density at radius 1 is 1.30 bits per heavy atom. The molecule has 1 aromatic carbocycles. The van der Waals surface area contributed by atoms with Gasteiger partial charge in [0.05, 0.1) is 12.3 Å². The number of nitrogens with zero attached hydrogens (tertiary/aromatic N) is 3. The van der Waals surface area contributed by atoms with Gasteiger partial charge in [0, 0.05) is 43.2 Å². The SMILES string of the molecule is Fc1ccc(-c2cn3ccnc3c(NCC3CCOC3)n2)cc1. The van der Waals surface area contributed by atoms with Gasteiger partial charge < -0.3 is 14.5 Å². The van der Waals surface area contributed by atoms with E-state index in [1.165, 1.54) is 12.1 Å². The normalized spacial score (nSPS) is 17.7. The molecule has 23 heavy (non-hydrogen) atoms. The number of aromatic nitrogens is 3. The smallest absolute Gasteiger partial charge is 0.180 e. The third-order valence-electron chi connectivity index (χ3n) is 4.10. The fraction of sp³-hybridized carbons (Fsp3) is 0.294.